The number of carboxylic acid groups (broad SMARTS) is 1. The Morgan fingerprint density at radius 3 is 2.96 bits per heavy atom. The molecule has 1 aliphatic rings. The molecular formula is C17H18F2N6O2. The molecule has 0 spiro atoms. The molecule has 27 heavy (non-hydrogen) atoms. The average molecular weight is 376 g/mol. The zero-order valence-corrected chi connectivity index (χ0v) is 14.3. The fraction of sp³-hybridized carbons (Fsp3) is 0.353. The number of nitrogens with zero attached hydrogens (tertiary/aromatic N) is 4. The fourth-order valence-corrected chi connectivity index (χ4v) is 2.85. The molecule has 0 amide bonds. The van der Waals surface area contributed by atoms with Gasteiger partial charge in [0.2, 0.25) is 0 Å². The lowest BCUT2D eigenvalue weighted by Gasteiger charge is -2.31. The zero-order chi connectivity index (χ0) is 19.4. The number of carboxylic acids is 1. The van der Waals surface area contributed by atoms with Gasteiger partial charge in [-0.15, -0.1) is 0 Å². The van der Waals surface area contributed by atoms with Crippen molar-refractivity contribution < 1.29 is 18.7 Å². The van der Waals surface area contributed by atoms with Gasteiger partial charge in [0.25, 0.3) is 6.43 Å². The summed E-state index contributed by atoms with van der Waals surface area (Å²) >= 11 is 0. The first-order chi connectivity index (χ1) is 12.9. The second-order valence-corrected chi connectivity index (χ2v) is 6.16. The number of H-pyrrole nitrogens is 1. The van der Waals surface area contributed by atoms with Crippen LogP contribution in [0.15, 0.2) is 24.7 Å². The summed E-state index contributed by atoms with van der Waals surface area (Å²) in [5.74, 6) is -0.295. The first-order valence-corrected chi connectivity index (χ1v) is 8.34. The van der Waals surface area contributed by atoms with Crippen molar-refractivity contribution in [3.05, 3.63) is 30.5 Å². The molecule has 142 valence electrons. The standard InChI is InChI=1S/C17H18F2N6O2/c18-16(19)11(20)3-4-14-21-7-13(24-14)12-6-15(23-9-22-12)25-5-1-2-10(8-25)17(26)27/h3-4,6-7,9-10,16,20H,1-2,5,8H2,(H,21,24)(H,26,27)/b4-3-,20-11?. The largest absolute Gasteiger partial charge is 0.481 e. The molecule has 0 aliphatic carbocycles. The minimum Gasteiger partial charge on any atom is -0.481 e. The molecule has 10 heteroatoms. The minimum atomic E-state index is -2.83. The van der Waals surface area contributed by atoms with Gasteiger partial charge < -0.3 is 15.0 Å². The summed E-state index contributed by atoms with van der Waals surface area (Å²) in [6.45, 7) is 1.10. The van der Waals surface area contributed by atoms with E-state index in [1.54, 1.807) is 6.07 Å². The van der Waals surface area contributed by atoms with Crippen LogP contribution in [0, 0.1) is 11.3 Å². The SMILES string of the molecule is N=C(/C=C\c1ncc(-c2cc(N3CCCC(C(=O)O)C3)ncn2)[nH]1)C(F)F. The number of piperidine rings is 1. The molecule has 1 saturated heterocycles. The summed E-state index contributed by atoms with van der Waals surface area (Å²) in [7, 11) is 0. The van der Waals surface area contributed by atoms with Gasteiger partial charge in [0.05, 0.1) is 29.2 Å². The number of rotatable bonds is 6. The highest BCUT2D eigenvalue weighted by atomic mass is 19.3. The zero-order valence-electron chi connectivity index (χ0n) is 14.3. The third-order valence-electron chi connectivity index (χ3n) is 4.27. The number of halogens is 2. The molecule has 8 nitrogen and oxygen atoms in total. The van der Waals surface area contributed by atoms with Crippen LogP contribution in [0.5, 0.6) is 0 Å². The molecule has 1 fully saturated rings. The quantitative estimate of drug-likeness (QED) is 0.667. The highest BCUT2D eigenvalue weighted by molar-refractivity contribution is 5.97. The van der Waals surface area contributed by atoms with Gasteiger partial charge in [-0.3, -0.25) is 10.2 Å². The predicted molar refractivity (Wildman–Crippen MR) is 95.0 cm³/mol. The van der Waals surface area contributed by atoms with E-state index in [0.29, 0.717) is 42.5 Å². The number of allylic oxidation sites excluding steroid dienone is 1. The summed E-state index contributed by atoms with van der Waals surface area (Å²) in [6, 6.07) is 1.73. The van der Waals surface area contributed by atoms with Crippen LogP contribution in [0.3, 0.4) is 0 Å². The number of anilines is 1. The molecule has 3 heterocycles. The van der Waals surface area contributed by atoms with E-state index >= 15 is 0 Å². The van der Waals surface area contributed by atoms with Gasteiger partial charge in [-0.05, 0) is 25.0 Å². The van der Waals surface area contributed by atoms with E-state index in [2.05, 4.69) is 19.9 Å². The second-order valence-electron chi connectivity index (χ2n) is 6.16. The van der Waals surface area contributed by atoms with Crippen molar-refractivity contribution >= 4 is 23.6 Å². The first kappa shape index (κ1) is 18.6. The summed E-state index contributed by atoms with van der Waals surface area (Å²) in [5, 5.41) is 16.3. The molecular weight excluding hydrogens is 358 g/mol. The monoisotopic (exact) mass is 376 g/mol. The molecule has 3 rings (SSSR count). The molecule has 0 aromatic carbocycles. The first-order valence-electron chi connectivity index (χ1n) is 8.34. The lowest BCUT2D eigenvalue weighted by atomic mass is 9.98. The Morgan fingerprint density at radius 2 is 2.22 bits per heavy atom. The van der Waals surface area contributed by atoms with Crippen molar-refractivity contribution in [1.82, 2.24) is 19.9 Å². The maximum atomic E-state index is 12.3. The smallest absolute Gasteiger partial charge is 0.308 e. The van der Waals surface area contributed by atoms with Gasteiger partial charge in [0.15, 0.2) is 0 Å². The molecule has 1 aliphatic heterocycles. The van der Waals surface area contributed by atoms with E-state index in [1.165, 1.54) is 18.6 Å². The predicted octanol–water partition coefficient (Wildman–Crippen LogP) is 2.47. The number of nitrogens with one attached hydrogen (secondary N) is 2. The maximum absolute atomic E-state index is 12.3. The topological polar surface area (TPSA) is 119 Å². The Hall–Kier alpha value is -3.17. The van der Waals surface area contributed by atoms with E-state index in [1.807, 2.05) is 4.90 Å². The van der Waals surface area contributed by atoms with Crippen molar-refractivity contribution in [1.29, 1.82) is 5.41 Å². The van der Waals surface area contributed by atoms with Gasteiger partial charge in [-0.2, -0.15) is 0 Å². The second kappa shape index (κ2) is 8.02. The average Bonchev–Trinajstić information content (AvgIpc) is 3.15. The van der Waals surface area contributed by atoms with Crippen LogP contribution in [0.4, 0.5) is 14.6 Å². The molecule has 2 aromatic rings. The van der Waals surface area contributed by atoms with E-state index in [4.69, 9.17) is 5.41 Å². The Kier molecular flexibility index (Phi) is 5.53. The molecule has 0 radical (unpaired) electrons. The Bertz CT molecular complexity index is 867. The minimum absolute atomic E-state index is 0.319. The van der Waals surface area contributed by atoms with Crippen LogP contribution in [-0.4, -0.2) is 56.2 Å². The van der Waals surface area contributed by atoms with E-state index in [9.17, 15) is 18.7 Å². The number of hydrogen-bond donors (Lipinski definition) is 3. The molecule has 1 unspecified atom stereocenters. The number of aromatic nitrogens is 4. The number of carbonyl (C=O) groups is 1. The molecule has 0 bridgehead atoms. The lowest BCUT2D eigenvalue weighted by Crippen LogP contribution is -2.39. The third-order valence-corrected chi connectivity index (χ3v) is 4.27. The van der Waals surface area contributed by atoms with E-state index in [-0.39, 0.29) is 0 Å². The summed E-state index contributed by atoms with van der Waals surface area (Å²) in [6.07, 6.45) is 3.75. The number of alkyl halides is 2. The Balaban J connectivity index is 1.76. The molecule has 0 saturated carbocycles. The maximum Gasteiger partial charge on any atom is 0.308 e. The van der Waals surface area contributed by atoms with Gasteiger partial charge >= 0.3 is 5.97 Å². The van der Waals surface area contributed by atoms with Gasteiger partial charge in [-0.1, -0.05) is 0 Å². The fourth-order valence-electron chi connectivity index (χ4n) is 2.85. The molecule has 2 aromatic heterocycles. The molecule has 1 atom stereocenters. The number of aromatic amines is 1. The summed E-state index contributed by atoms with van der Waals surface area (Å²) in [4.78, 5) is 28.6. The van der Waals surface area contributed by atoms with Crippen LogP contribution in [-0.2, 0) is 4.79 Å². The van der Waals surface area contributed by atoms with Gasteiger partial charge in [0.1, 0.15) is 18.0 Å². The van der Waals surface area contributed by atoms with Crippen molar-refractivity contribution in [2.75, 3.05) is 18.0 Å². The van der Waals surface area contributed by atoms with E-state index < -0.39 is 24.0 Å². The normalized spacial score (nSPS) is 17.6. The van der Waals surface area contributed by atoms with Gasteiger partial charge in [-0.25, -0.2) is 23.7 Å². The van der Waals surface area contributed by atoms with Crippen LogP contribution >= 0.6 is 0 Å². The van der Waals surface area contributed by atoms with Gasteiger partial charge in [0, 0.05) is 19.2 Å². The Morgan fingerprint density at radius 1 is 1.41 bits per heavy atom. The van der Waals surface area contributed by atoms with Crippen molar-refractivity contribution in [2.45, 2.75) is 19.3 Å². The number of aliphatic carboxylic acids is 1. The Labute approximate surface area is 153 Å². The third kappa shape index (κ3) is 4.52. The summed E-state index contributed by atoms with van der Waals surface area (Å²) in [5.41, 5.74) is 0.317. The van der Waals surface area contributed by atoms with Crippen molar-refractivity contribution in [3.8, 4) is 11.4 Å². The van der Waals surface area contributed by atoms with Crippen molar-refractivity contribution in [2.24, 2.45) is 5.92 Å². The van der Waals surface area contributed by atoms with Crippen LogP contribution < -0.4 is 4.90 Å². The molecule has 3 N–H and O–H groups in total. The summed E-state index contributed by atoms with van der Waals surface area (Å²) < 4.78 is 24.7. The highest BCUT2D eigenvalue weighted by Crippen LogP contribution is 2.24. The lowest BCUT2D eigenvalue weighted by molar-refractivity contribution is -0.141. The van der Waals surface area contributed by atoms with Crippen LogP contribution in [0.1, 0.15) is 18.7 Å². The van der Waals surface area contributed by atoms with Crippen molar-refractivity contribution in [3.63, 3.8) is 0 Å². The van der Waals surface area contributed by atoms with E-state index in [0.717, 1.165) is 12.5 Å². The number of hydrogen-bond acceptors (Lipinski definition) is 6. The van der Waals surface area contributed by atoms with Crippen LogP contribution in [0.2, 0.25) is 0 Å². The number of imidazole rings is 1. The highest BCUT2D eigenvalue weighted by Gasteiger charge is 2.26. The van der Waals surface area contributed by atoms with Crippen LogP contribution in [0.25, 0.3) is 17.5 Å².